The van der Waals surface area contributed by atoms with Crippen LogP contribution < -0.4 is 15.5 Å². The van der Waals surface area contributed by atoms with Gasteiger partial charge in [0.2, 0.25) is 6.41 Å². The Kier molecular flexibility index (Phi) is 11.3. The van der Waals surface area contributed by atoms with Gasteiger partial charge in [-0.15, -0.1) is 0 Å². The van der Waals surface area contributed by atoms with Gasteiger partial charge < -0.3 is 19.8 Å². The molecule has 4 aromatic rings. The molecule has 0 radical (unpaired) electrons. The molecule has 0 aliphatic rings. The van der Waals surface area contributed by atoms with Crippen LogP contribution >= 0.6 is 12.8 Å². The van der Waals surface area contributed by atoms with E-state index in [-0.39, 0.29) is 7.43 Å². The minimum absolute atomic E-state index is 0. The van der Waals surface area contributed by atoms with Crippen molar-refractivity contribution in [3.63, 3.8) is 0 Å². The lowest BCUT2D eigenvalue weighted by Gasteiger charge is -2.27. The number of nitrogens with zero attached hydrogens (tertiary/aromatic N) is 6. The standard InChI is InChI=1S/C27H26N6O.C4H9NS.CH4/c1-27(2,16-28)20-7-9-21(10-8-20)33(4)26-22-13-18(19-6-12-25(29)31-14-19)5-11-23(22)30-15-24(26)32(3)17-34;1-3-4-5(2)6;/h5-15,17H,1-4H3,(H2,29,31);3-4,6H,1-2H3;1H4. The van der Waals surface area contributed by atoms with Gasteiger partial charge in [0, 0.05) is 50.2 Å². The van der Waals surface area contributed by atoms with E-state index in [9.17, 15) is 10.1 Å². The van der Waals surface area contributed by atoms with E-state index < -0.39 is 5.41 Å². The zero-order valence-corrected chi connectivity index (χ0v) is 24.6. The Labute approximate surface area is 249 Å². The monoisotopic (exact) mass is 569 g/mol. The van der Waals surface area contributed by atoms with Crippen molar-refractivity contribution < 1.29 is 4.79 Å². The van der Waals surface area contributed by atoms with E-state index in [0.717, 1.165) is 45.4 Å². The first kappa shape index (κ1) is 32.7. The van der Waals surface area contributed by atoms with E-state index in [1.165, 1.54) is 4.90 Å². The zero-order chi connectivity index (χ0) is 29.4. The van der Waals surface area contributed by atoms with Crippen molar-refractivity contribution in [1.82, 2.24) is 14.3 Å². The van der Waals surface area contributed by atoms with Crippen LogP contribution in [0.2, 0.25) is 0 Å². The Morgan fingerprint density at radius 1 is 0.976 bits per heavy atom. The molecular formula is C32H39N7OS. The van der Waals surface area contributed by atoms with Crippen LogP contribution in [0.15, 0.2) is 79.3 Å². The highest BCUT2D eigenvalue weighted by molar-refractivity contribution is 7.77. The number of nitrogens with two attached hydrogens (primary N) is 1. The summed E-state index contributed by atoms with van der Waals surface area (Å²) >= 11 is 3.92. The van der Waals surface area contributed by atoms with Crippen molar-refractivity contribution in [2.24, 2.45) is 0 Å². The molecule has 0 spiro atoms. The third-order valence-electron chi connectivity index (χ3n) is 6.43. The van der Waals surface area contributed by atoms with Gasteiger partial charge in [0.15, 0.2) is 0 Å². The molecule has 4 rings (SSSR count). The Hall–Kier alpha value is -4.55. The maximum atomic E-state index is 11.7. The number of thiol groups is 1. The number of anilines is 4. The van der Waals surface area contributed by atoms with Gasteiger partial charge in [-0.25, -0.2) is 4.98 Å². The lowest BCUT2D eigenvalue weighted by atomic mass is 9.86. The quantitative estimate of drug-likeness (QED) is 0.183. The van der Waals surface area contributed by atoms with E-state index in [1.54, 1.807) is 29.8 Å². The van der Waals surface area contributed by atoms with Crippen molar-refractivity contribution in [3.8, 4) is 17.2 Å². The van der Waals surface area contributed by atoms with Crippen LogP contribution in [-0.2, 0) is 10.2 Å². The van der Waals surface area contributed by atoms with Gasteiger partial charge >= 0.3 is 0 Å². The van der Waals surface area contributed by atoms with Crippen molar-refractivity contribution >= 4 is 53.0 Å². The lowest BCUT2D eigenvalue weighted by molar-refractivity contribution is -0.107. The number of hydrogen-bond donors (Lipinski definition) is 2. The fourth-order valence-electron chi connectivity index (χ4n) is 4.10. The number of hydrogen-bond acceptors (Lipinski definition) is 8. The van der Waals surface area contributed by atoms with Crippen molar-refractivity contribution in [3.05, 3.63) is 84.8 Å². The Morgan fingerprint density at radius 3 is 2.15 bits per heavy atom. The molecule has 8 nitrogen and oxygen atoms in total. The molecule has 214 valence electrons. The van der Waals surface area contributed by atoms with Crippen molar-refractivity contribution in [2.45, 2.75) is 33.6 Å². The smallest absolute Gasteiger partial charge is 0.213 e. The average Bonchev–Trinajstić information content (AvgIpc) is 2.96. The van der Waals surface area contributed by atoms with E-state index in [4.69, 9.17) is 5.73 Å². The number of nitriles is 1. The van der Waals surface area contributed by atoms with Gasteiger partial charge in [0.25, 0.3) is 0 Å². The highest BCUT2D eigenvalue weighted by atomic mass is 32.1. The minimum Gasteiger partial charge on any atom is -0.384 e. The summed E-state index contributed by atoms with van der Waals surface area (Å²) in [6.45, 7) is 5.74. The van der Waals surface area contributed by atoms with E-state index >= 15 is 0 Å². The van der Waals surface area contributed by atoms with Crippen LogP contribution in [0.1, 0.15) is 33.8 Å². The van der Waals surface area contributed by atoms with Crippen LogP contribution in [0.25, 0.3) is 22.0 Å². The summed E-state index contributed by atoms with van der Waals surface area (Å²) in [7, 11) is 5.53. The molecule has 0 aliphatic heterocycles. The number of rotatable bonds is 7. The van der Waals surface area contributed by atoms with Crippen LogP contribution in [0.4, 0.5) is 22.9 Å². The number of aromatic nitrogens is 2. The molecule has 0 atom stereocenters. The maximum absolute atomic E-state index is 11.7. The fourth-order valence-corrected chi connectivity index (χ4v) is 4.24. The second-order valence-corrected chi connectivity index (χ2v) is 10.4. The van der Waals surface area contributed by atoms with E-state index in [2.05, 4.69) is 34.9 Å². The normalized spacial score (nSPS) is 10.7. The first-order valence-corrected chi connectivity index (χ1v) is 13.0. The van der Waals surface area contributed by atoms with Crippen molar-refractivity contribution in [2.75, 3.05) is 36.7 Å². The second kappa shape index (κ2) is 14.2. The molecule has 0 fully saturated rings. The summed E-state index contributed by atoms with van der Waals surface area (Å²) in [4.78, 5) is 24.0. The molecule has 2 N–H and O–H groups in total. The highest BCUT2D eigenvalue weighted by Crippen LogP contribution is 2.40. The Balaban J connectivity index is 0.000000760. The number of allylic oxidation sites excluding steroid dienone is 1. The van der Waals surface area contributed by atoms with Crippen LogP contribution in [0.5, 0.6) is 0 Å². The van der Waals surface area contributed by atoms with Gasteiger partial charge in [-0.3, -0.25) is 9.78 Å². The average molecular weight is 570 g/mol. The molecular weight excluding hydrogens is 530 g/mol. The molecule has 1 amide bonds. The van der Waals surface area contributed by atoms with Gasteiger partial charge in [-0.1, -0.05) is 44.5 Å². The summed E-state index contributed by atoms with van der Waals surface area (Å²) in [5.41, 5.74) is 11.3. The number of carbonyl (C=O) groups excluding carboxylic acids is 1. The summed E-state index contributed by atoms with van der Waals surface area (Å²) in [5, 5.41) is 10.4. The number of nitrogen functional groups attached to an aromatic ring is 1. The number of benzene rings is 2. The van der Waals surface area contributed by atoms with Crippen LogP contribution in [0.3, 0.4) is 0 Å². The number of amides is 1. The molecule has 0 aliphatic carbocycles. The lowest BCUT2D eigenvalue weighted by Crippen LogP contribution is -2.20. The maximum Gasteiger partial charge on any atom is 0.213 e. The summed E-state index contributed by atoms with van der Waals surface area (Å²) in [6, 6.07) is 19.9. The van der Waals surface area contributed by atoms with Gasteiger partial charge in [0.1, 0.15) is 5.82 Å². The van der Waals surface area contributed by atoms with Gasteiger partial charge in [0.05, 0.1) is 34.6 Å². The molecule has 2 heterocycles. The van der Waals surface area contributed by atoms with Gasteiger partial charge in [-0.05, 0) is 68.3 Å². The molecule has 0 unspecified atom stereocenters. The molecule has 0 saturated carbocycles. The summed E-state index contributed by atoms with van der Waals surface area (Å²) < 4.78 is 1.69. The molecule has 41 heavy (non-hydrogen) atoms. The topological polar surface area (TPSA) is 102 Å². The zero-order valence-electron chi connectivity index (χ0n) is 23.7. The van der Waals surface area contributed by atoms with Gasteiger partial charge in [-0.2, -0.15) is 5.26 Å². The largest absolute Gasteiger partial charge is 0.384 e. The van der Waals surface area contributed by atoms with E-state index in [0.29, 0.717) is 11.5 Å². The predicted molar refractivity (Wildman–Crippen MR) is 175 cm³/mol. The Bertz CT molecular complexity index is 1530. The molecule has 2 aromatic heterocycles. The predicted octanol–water partition coefficient (Wildman–Crippen LogP) is 6.97. The highest BCUT2D eigenvalue weighted by Gasteiger charge is 2.21. The molecule has 0 saturated heterocycles. The number of pyridine rings is 2. The molecule has 2 aromatic carbocycles. The van der Waals surface area contributed by atoms with Crippen molar-refractivity contribution in [1.29, 1.82) is 5.26 Å². The van der Waals surface area contributed by atoms with Crippen LogP contribution in [0, 0.1) is 11.3 Å². The first-order chi connectivity index (χ1) is 19.0. The Morgan fingerprint density at radius 2 is 1.63 bits per heavy atom. The minimum atomic E-state index is -0.578. The molecule has 0 bridgehead atoms. The number of carbonyl (C=O) groups is 1. The third kappa shape index (κ3) is 7.77. The first-order valence-electron chi connectivity index (χ1n) is 12.6. The summed E-state index contributed by atoms with van der Waals surface area (Å²) in [6.07, 6.45) is 8.01. The second-order valence-electron chi connectivity index (χ2n) is 9.81. The third-order valence-corrected chi connectivity index (χ3v) is 6.57. The van der Waals surface area contributed by atoms with Crippen LogP contribution in [-0.4, -0.2) is 41.8 Å². The summed E-state index contributed by atoms with van der Waals surface area (Å²) in [5.74, 6) is 0.463. The molecule has 9 heteroatoms. The fraction of sp³-hybridized carbons (Fsp3) is 0.250. The number of fused-ring (bicyclic) bond motifs is 1. The SMILES string of the molecule is C.CC=CN(C)S.CN(C=O)c1cnc2ccc(-c3ccc(N)nc3)cc2c1N(C)c1ccc(C(C)(C)C#N)cc1. The van der Waals surface area contributed by atoms with E-state index in [1.807, 2.05) is 94.5 Å².